The molecule has 1 heterocycles. The number of nitriles is 1. The van der Waals surface area contributed by atoms with Gasteiger partial charge >= 0.3 is 0 Å². The van der Waals surface area contributed by atoms with Crippen molar-refractivity contribution in [3.05, 3.63) is 87.6 Å². The van der Waals surface area contributed by atoms with E-state index in [1.807, 2.05) is 71.4 Å². The smallest absolute Gasteiger partial charge is 0.0999 e. The number of aromatic nitrogens is 1. The maximum Gasteiger partial charge on any atom is 0.0999 e. The third kappa shape index (κ3) is 3.39. The first-order valence-electron chi connectivity index (χ1n) is 6.99. The largest absolute Gasteiger partial charge is 0.317 e. The van der Waals surface area contributed by atoms with E-state index in [4.69, 9.17) is 11.6 Å². The molecule has 0 aliphatic carbocycles. The van der Waals surface area contributed by atoms with Crippen LogP contribution >= 0.6 is 27.5 Å². The summed E-state index contributed by atoms with van der Waals surface area (Å²) in [5.41, 5.74) is 3.22. The van der Waals surface area contributed by atoms with E-state index in [1.54, 1.807) is 6.07 Å². The van der Waals surface area contributed by atoms with E-state index in [9.17, 15) is 5.26 Å². The molecule has 4 heteroatoms. The zero-order valence-corrected chi connectivity index (χ0v) is 14.4. The van der Waals surface area contributed by atoms with Crippen molar-refractivity contribution >= 4 is 39.2 Å². The van der Waals surface area contributed by atoms with Gasteiger partial charge in [0.05, 0.1) is 11.6 Å². The first-order chi connectivity index (χ1) is 11.2. The molecule has 0 aliphatic rings. The van der Waals surface area contributed by atoms with Crippen LogP contribution in [-0.2, 0) is 0 Å². The van der Waals surface area contributed by atoms with E-state index >= 15 is 0 Å². The maximum absolute atomic E-state index is 9.51. The van der Waals surface area contributed by atoms with Crippen LogP contribution in [0.25, 0.3) is 17.3 Å². The number of hydrogen-bond acceptors (Lipinski definition) is 1. The summed E-state index contributed by atoms with van der Waals surface area (Å²) in [5, 5.41) is 10.1. The van der Waals surface area contributed by atoms with Gasteiger partial charge < -0.3 is 4.57 Å². The van der Waals surface area contributed by atoms with Gasteiger partial charge in [0.25, 0.3) is 0 Å². The number of benzene rings is 2. The summed E-state index contributed by atoms with van der Waals surface area (Å²) < 4.78 is 3.06. The van der Waals surface area contributed by atoms with Gasteiger partial charge in [-0.3, -0.25) is 0 Å². The molecule has 112 valence electrons. The normalized spacial score (nSPS) is 11.3. The molecule has 0 atom stereocenters. The molecule has 0 radical (unpaired) electrons. The molecule has 23 heavy (non-hydrogen) atoms. The Morgan fingerprint density at radius 3 is 2.48 bits per heavy atom. The van der Waals surface area contributed by atoms with Gasteiger partial charge in [-0.25, -0.2) is 0 Å². The summed E-state index contributed by atoms with van der Waals surface area (Å²) in [5.74, 6) is 0. The van der Waals surface area contributed by atoms with Crippen LogP contribution in [-0.4, -0.2) is 4.57 Å². The van der Waals surface area contributed by atoms with Gasteiger partial charge in [0.15, 0.2) is 0 Å². The Kier molecular flexibility index (Phi) is 4.66. The standard InChI is InChI=1S/C19H12BrClN2/c20-15-7-9-16(10-8-15)23-11-3-4-17(23)12-14(13-22)18-5-1-2-6-19(18)21/h1-12H. The Hall–Kier alpha value is -2.28. The minimum absolute atomic E-state index is 0.535. The first-order valence-corrected chi connectivity index (χ1v) is 8.16. The summed E-state index contributed by atoms with van der Waals surface area (Å²) in [6.45, 7) is 0. The second kappa shape index (κ2) is 6.87. The van der Waals surface area contributed by atoms with Crippen molar-refractivity contribution in [2.45, 2.75) is 0 Å². The average molecular weight is 384 g/mol. The van der Waals surface area contributed by atoms with Gasteiger partial charge in [0.1, 0.15) is 0 Å². The van der Waals surface area contributed by atoms with Crippen molar-refractivity contribution in [3.8, 4) is 11.8 Å². The van der Waals surface area contributed by atoms with E-state index in [0.717, 1.165) is 21.4 Å². The van der Waals surface area contributed by atoms with Crippen LogP contribution in [0.15, 0.2) is 71.3 Å². The average Bonchev–Trinajstić information content (AvgIpc) is 3.02. The van der Waals surface area contributed by atoms with Crippen molar-refractivity contribution in [1.82, 2.24) is 4.57 Å². The SMILES string of the molecule is N#CC(=Cc1cccn1-c1ccc(Br)cc1)c1ccccc1Cl. The third-order valence-corrected chi connectivity index (χ3v) is 4.32. The second-order valence-corrected chi connectivity index (χ2v) is 6.25. The lowest BCUT2D eigenvalue weighted by molar-refractivity contribution is 1.06. The highest BCUT2D eigenvalue weighted by molar-refractivity contribution is 9.10. The van der Waals surface area contributed by atoms with Crippen molar-refractivity contribution in [3.63, 3.8) is 0 Å². The fraction of sp³-hybridized carbons (Fsp3) is 0. The zero-order chi connectivity index (χ0) is 16.2. The Morgan fingerprint density at radius 1 is 1.04 bits per heavy atom. The van der Waals surface area contributed by atoms with E-state index in [1.165, 1.54) is 0 Å². The predicted molar refractivity (Wildman–Crippen MR) is 98.4 cm³/mol. The number of hydrogen-bond donors (Lipinski definition) is 0. The topological polar surface area (TPSA) is 28.7 Å². The molecule has 0 amide bonds. The molecule has 0 saturated heterocycles. The number of halogens is 2. The third-order valence-electron chi connectivity index (χ3n) is 3.46. The van der Waals surface area contributed by atoms with E-state index in [0.29, 0.717) is 10.6 Å². The monoisotopic (exact) mass is 382 g/mol. The van der Waals surface area contributed by atoms with Crippen molar-refractivity contribution in [1.29, 1.82) is 5.26 Å². The van der Waals surface area contributed by atoms with E-state index in [2.05, 4.69) is 22.0 Å². The van der Waals surface area contributed by atoms with Crippen LogP contribution in [0.4, 0.5) is 0 Å². The molecular weight excluding hydrogens is 372 g/mol. The molecule has 3 rings (SSSR count). The number of allylic oxidation sites excluding steroid dienone is 1. The summed E-state index contributed by atoms with van der Waals surface area (Å²) in [6, 6.07) is 21.5. The van der Waals surface area contributed by atoms with Gasteiger partial charge in [-0.1, -0.05) is 45.7 Å². The molecule has 0 fully saturated rings. The van der Waals surface area contributed by atoms with Gasteiger partial charge in [0, 0.05) is 32.6 Å². The minimum atomic E-state index is 0.535. The van der Waals surface area contributed by atoms with Gasteiger partial charge in [-0.2, -0.15) is 5.26 Å². The molecule has 2 nitrogen and oxygen atoms in total. The lowest BCUT2D eigenvalue weighted by Gasteiger charge is -2.08. The fourth-order valence-electron chi connectivity index (χ4n) is 2.35. The van der Waals surface area contributed by atoms with Crippen molar-refractivity contribution < 1.29 is 0 Å². The molecule has 3 aromatic rings. The Bertz CT molecular complexity index is 902. The zero-order valence-electron chi connectivity index (χ0n) is 12.1. The highest BCUT2D eigenvalue weighted by atomic mass is 79.9. The summed E-state index contributed by atoms with van der Waals surface area (Å²) in [4.78, 5) is 0. The summed E-state index contributed by atoms with van der Waals surface area (Å²) >= 11 is 9.65. The van der Waals surface area contributed by atoms with Gasteiger partial charge in [-0.15, -0.1) is 0 Å². The van der Waals surface area contributed by atoms with Crippen LogP contribution in [0.2, 0.25) is 5.02 Å². The van der Waals surface area contributed by atoms with E-state index in [-0.39, 0.29) is 0 Å². The van der Waals surface area contributed by atoms with Crippen LogP contribution in [0.5, 0.6) is 0 Å². The molecule has 0 N–H and O–H groups in total. The molecule has 0 saturated carbocycles. The lowest BCUT2D eigenvalue weighted by atomic mass is 10.1. The quantitative estimate of drug-likeness (QED) is 0.513. The highest BCUT2D eigenvalue weighted by Crippen LogP contribution is 2.26. The Labute approximate surface area is 148 Å². The van der Waals surface area contributed by atoms with Crippen molar-refractivity contribution in [2.75, 3.05) is 0 Å². The van der Waals surface area contributed by atoms with Crippen LogP contribution in [0.3, 0.4) is 0 Å². The molecule has 1 aromatic heterocycles. The molecule has 0 spiro atoms. The number of rotatable bonds is 3. The fourth-order valence-corrected chi connectivity index (χ4v) is 2.85. The Balaban J connectivity index is 2.06. The minimum Gasteiger partial charge on any atom is -0.317 e. The first kappa shape index (κ1) is 15.6. The van der Waals surface area contributed by atoms with Crippen LogP contribution < -0.4 is 0 Å². The van der Waals surface area contributed by atoms with E-state index < -0.39 is 0 Å². The molecule has 0 unspecified atom stereocenters. The van der Waals surface area contributed by atoms with Gasteiger partial charge in [-0.05, 0) is 48.5 Å². The second-order valence-electron chi connectivity index (χ2n) is 4.93. The Morgan fingerprint density at radius 2 is 1.78 bits per heavy atom. The molecule has 0 bridgehead atoms. The molecular formula is C19H12BrClN2. The summed E-state index contributed by atoms with van der Waals surface area (Å²) in [6.07, 6.45) is 3.82. The summed E-state index contributed by atoms with van der Waals surface area (Å²) in [7, 11) is 0. The lowest BCUT2D eigenvalue weighted by Crippen LogP contribution is -1.95. The van der Waals surface area contributed by atoms with Crippen LogP contribution in [0, 0.1) is 11.3 Å². The number of nitrogens with zero attached hydrogens (tertiary/aromatic N) is 2. The molecule has 2 aromatic carbocycles. The maximum atomic E-state index is 9.51. The van der Waals surface area contributed by atoms with Gasteiger partial charge in [0.2, 0.25) is 0 Å². The molecule has 0 aliphatic heterocycles. The van der Waals surface area contributed by atoms with Crippen LogP contribution in [0.1, 0.15) is 11.3 Å². The van der Waals surface area contributed by atoms with Crippen molar-refractivity contribution in [2.24, 2.45) is 0 Å². The highest BCUT2D eigenvalue weighted by Gasteiger charge is 2.08. The predicted octanol–water partition coefficient (Wildman–Crippen LogP) is 5.96.